The first-order chi connectivity index (χ1) is 17.0. The third-order valence-electron chi connectivity index (χ3n) is 5.67. The van der Waals surface area contributed by atoms with Gasteiger partial charge in [0.2, 0.25) is 10.0 Å². The van der Waals surface area contributed by atoms with Gasteiger partial charge in [0, 0.05) is 30.2 Å². The van der Waals surface area contributed by atoms with Crippen LogP contribution in [0.2, 0.25) is 5.02 Å². The van der Waals surface area contributed by atoms with E-state index in [2.05, 4.69) is 10.2 Å². The summed E-state index contributed by atoms with van der Waals surface area (Å²) >= 11 is 6.07. The van der Waals surface area contributed by atoms with Crippen molar-refractivity contribution in [3.8, 4) is 34.3 Å². The number of aromatic hydroxyl groups is 2. The van der Waals surface area contributed by atoms with E-state index in [1.54, 1.807) is 49.4 Å². The molecule has 0 aliphatic rings. The number of H-pyrrole nitrogens is 1. The summed E-state index contributed by atoms with van der Waals surface area (Å²) in [7, 11) is -1.50. The molecule has 4 rings (SSSR count). The number of aryl methyl sites for hydroxylation is 1. The first-order valence-electron chi connectivity index (χ1n) is 10.6. The molecule has 0 aliphatic heterocycles. The fourth-order valence-corrected chi connectivity index (χ4v) is 5.25. The van der Waals surface area contributed by atoms with Crippen LogP contribution in [0.3, 0.4) is 0 Å². The summed E-state index contributed by atoms with van der Waals surface area (Å²) < 4.78 is 34.5. The van der Waals surface area contributed by atoms with E-state index < -0.39 is 32.1 Å². The van der Waals surface area contributed by atoms with Gasteiger partial charge in [-0.25, -0.2) is 22.9 Å². The Kier molecular flexibility index (Phi) is 6.81. The molecule has 3 N–H and O–H groups in total. The first kappa shape index (κ1) is 25.3. The van der Waals surface area contributed by atoms with Crippen LogP contribution in [0.25, 0.3) is 17.1 Å². The monoisotopic (exact) mass is 530 g/mol. The number of hydrogen-bond acceptors (Lipinski definition) is 7. The maximum atomic E-state index is 13.5. The molecule has 4 aromatic rings. The topological polar surface area (TPSA) is 138 Å². The highest BCUT2D eigenvalue weighted by molar-refractivity contribution is 7.89. The molecule has 1 heterocycles. The van der Waals surface area contributed by atoms with Crippen molar-refractivity contribution in [3.63, 3.8) is 0 Å². The lowest BCUT2D eigenvalue weighted by Crippen LogP contribution is -2.27. The van der Waals surface area contributed by atoms with Gasteiger partial charge in [-0.2, -0.15) is 9.40 Å². The number of aromatic nitrogens is 3. The van der Waals surface area contributed by atoms with Crippen LogP contribution in [-0.4, -0.2) is 51.9 Å². The highest BCUT2D eigenvalue weighted by Gasteiger charge is 2.29. The zero-order chi connectivity index (χ0) is 26.2. The normalized spacial score (nSPS) is 11.7. The molecular weight excluding hydrogens is 508 g/mol. The number of rotatable bonds is 7. The Morgan fingerprint density at radius 3 is 2.53 bits per heavy atom. The molecule has 36 heavy (non-hydrogen) atoms. The number of halogens is 1. The lowest BCUT2D eigenvalue weighted by atomic mass is 10.1. The predicted octanol–water partition coefficient (Wildman–Crippen LogP) is 3.43. The number of aromatic amines is 1. The van der Waals surface area contributed by atoms with Gasteiger partial charge in [-0.05, 0) is 42.8 Å². The predicted molar refractivity (Wildman–Crippen MR) is 134 cm³/mol. The van der Waals surface area contributed by atoms with Crippen molar-refractivity contribution in [1.82, 2.24) is 19.1 Å². The van der Waals surface area contributed by atoms with Gasteiger partial charge < -0.3 is 14.9 Å². The number of nitrogens with one attached hydrogen (secondary N) is 1. The van der Waals surface area contributed by atoms with Crippen molar-refractivity contribution in [2.45, 2.75) is 18.4 Å². The standard InChI is InChI=1S/C24H23ClN4O6S/c1-14-6-4-5-7-18(14)29-23(26-27-24(29)32)17-11-22(20(31)12-19(17)30)36(33,34)28(2)13-15-10-16(25)8-9-21(15)35-3/h4-12,30-31H,13H2,1-3H3,(H,27,32). The molecule has 0 atom stereocenters. The summed E-state index contributed by atoms with van der Waals surface area (Å²) in [5.41, 5.74) is 1.11. The third kappa shape index (κ3) is 4.55. The van der Waals surface area contributed by atoms with Gasteiger partial charge in [0.05, 0.1) is 18.4 Å². The molecular formula is C24H23ClN4O6S. The van der Waals surface area contributed by atoms with Crippen LogP contribution in [0.1, 0.15) is 11.1 Å². The first-order valence-corrected chi connectivity index (χ1v) is 12.4. The summed E-state index contributed by atoms with van der Waals surface area (Å²) in [4.78, 5) is 12.1. The van der Waals surface area contributed by atoms with Crippen molar-refractivity contribution < 1.29 is 23.4 Å². The van der Waals surface area contributed by atoms with E-state index in [9.17, 15) is 23.4 Å². The zero-order valence-electron chi connectivity index (χ0n) is 19.6. The molecule has 0 bridgehead atoms. The molecule has 0 saturated heterocycles. The molecule has 1 aromatic heterocycles. The Labute approximate surface area is 212 Å². The number of hydrogen-bond donors (Lipinski definition) is 3. The van der Waals surface area contributed by atoms with Crippen LogP contribution in [0.5, 0.6) is 17.2 Å². The highest BCUT2D eigenvalue weighted by Crippen LogP contribution is 2.38. The number of para-hydroxylation sites is 1. The van der Waals surface area contributed by atoms with E-state index in [-0.39, 0.29) is 17.9 Å². The van der Waals surface area contributed by atoms with Crippen LogP contribution < -0.4 is 10.4 Å². The van der Waals surface area contributed by atoms with E-state index in [4.69, 9.17) is 16.3 Å². The largest absolute Gasteiger partial charge is 0.507 e. The number of phenols is 2. The van der Waals surface area contributed by atoms with Crippen molar-refractivity contribution in [3.05, 3.63) is 81.2 Å². The fourth-order valence-electron chi connectivity index (χ4n) is 3.82. The number of nitrogens with zero attached hydrogens (tertiary/aromatic N) is 3. The highest BCUT2D eigenvalue weighted by atomic mass is 35.5. The van der Waals surface area contributed by atoms with Gasteiger partial charge >= 0.3 is 5.69 Å². The molecule has 0 aliphatic carbocycles. The molecule has 0 spiro atoms. The summed E-state index contributed by atoms with van der Waals surface area (Å²) in [6.45, 7) is 1.68. The van der Waals surface area contributed by atoms with Gasteiger partial charge in [0.15, 0.2) is 5.82 Å². The number of methoxy groups -OCH3 is 1. The number of phenolic OH excluding ortho intramolecular Hbond substituents is 2. The molecule has 0 amide bonds. The maximum Gasteiger partial charge on any atom is 0.348 e. The Hall–Kier alpha value is -3.80. The van der Waals surface area contributed by atoms with Crippen LogP contribution >= 0.6 is 11.6 Å². The maximum absolute atomic E-state index is 13.5. The van der Waals surface area contributed by atoms with Gasteiger partial charge in [-0.15, -0.1) is 0 Å². The lowest BCUT2D eigenvalue weighted by Gasteiger charge is -2.20. The molecule has 3 aromatic carbocycles. The molecule has 0 fully saturated rings. The minimum Gasteiger partial charge on any atom is -0.507 e. The van der Waals surface area contributed by atoms with Crippen molar-refractivity contribution >= 4 is 21.6 Å². The second-order valence-corrected chi connectivity index (χ2v) is 10.5. The Balaban J connectivity index is 1.81. The van der Waals surface area contributed by atoms with E-state index >= 15 is 0 Å². The van der Waals surface area contributed by atoms with E-state index in [0.717, 1.165) is 22.0 Å². The van der Waals surface area contributed by atoms with E-state index in [1.807, 2.05) is 0 Å². The molecule has 188 valence electrons. The molecule has 0 saturated carbocycles. The van der Waals surface area contributed by atoms with Crippen molar-refractivity contribution in [1.29, 1.82) is 0 Å². The quantitative estimate of drug-likeness (QED) is 0.333. The molecule has 0 radical (unpaired) electrons. The number of benzene rings is 3. The number of ether oxygens (including phenoxy) is 1. The third-order valence-corrected chi connectivity index (χ3v) is 7.74. The molecule has 12 heteroatoms. The minimum atomic E-state index is -4.28. The summed E-state index contributed by atoms with van der Waals surface area (Å²) in [6, 6.07) is 13.8. The van der Waals surface area contributed by atoms with Gasteiger partial charge in [-0.3, -0.25) is 0 Å². The Morgan fingerprint density at radius 1 is 1.11 bits per heavy atom. The summed E-state index contributed by atoms with van der Waals surface area (Å²) in [6.07, 6.45) is 0. The Bertz CT molecular complexity index is 1610. The molecule has 0 unspecified atom stereocenters. The Morgan fingerprint density at radius 2 is 1.83 bits per heavy atom. The fraction of sp³-hybridized carbons (Fsp3) is 0.167. The van der Waals surface area contributed by atoms with Gasteiger partial charge in [-0.1, -0.05) is 29.8 Å². The summed E-state index contributed by atoms with van der Waals surface area (Å²) in [5, 5.41) is 27.8. The van der Waals surface area contributed by atoms with Crippen LogP contribution in [0, 0.1) is 6.92 Å². The SMILES string of the molecule is COc1ccc(Cl)cc1CN(C)S(=O)(=O)c1cc(-c2n[nH]c(=O)n2-c2ccccc2C)c(O)cc1O. The minimum absolute atomic E-state index is 0.0255. The smallest absolute Gasteiger partial charge is 0.348 e. The van der Waals surface area contributed by atoms with Crippen molar-refractivity contribution in [2.75, 3.05) is 14.2 Å². The average Bonchev–Trinajstić information content (AvgIpc) is 3.20. The number of sulfonamides is 1. The second kappa shape index (κ2) is 9.69. The van der Waals surface area contributed by atoms with Crippen LogP contribution in [-0.2, 0) is 16.6 Å². The second-order valence-electron chi connectivity index (χ2n) is 8.03. The van der Waals surface area contributed by atoms with E-state index in [0.29, 0.717) is 22.0 Å². The van der Waals surface area contributed by atoms with Gasteiger partial charge in [0.25, 0.3) is 0 Å². The van der Waals surface area contributed by atoms with Gasteiger partial charge in [0.1, 0.15) is 22.1 Å². The van der Waals surface area contributed by atoms with Crippen LogP contribution in [0.15, 0.2) is 64.3 Å². The average molecular weight is 531 g/mol. The van der Waals surface area contributed by atoms with Crippen molar-refractivity contribution in [2.24, 2.45) is 0 Å². The van der Waals surface area contributed by atoms with E-state index in [1.165, 1.54) is 18.7 Å². The van der Waals surface area contributed by atoms with Crippen LogP contribution in [0.4, 0.5) is 0 Å². The zero-order valence-corrected chi connectivity index (χ0v) is 21.1. The lowest BCUT2D eigenvalue weighted by molar-refractivity contribution is 0.396. The molecule has 10 nitrogen and oxygen atoms in total. The summed E-state index contributed by atoms with van der Waals surface area (Å²) in [5.74, 6) is -0.709.